The van der Waals surface area contributed by atoms with Gasteiger partial charge in [0.05, 0.1) is 0 Å². The first kappa shape index (κ1) is 11.4. The van der Waals surface area contributed by atoms with Gasteiger partial charge in [-0.2, -0.15) is 0 Å². The van der Waals surface area contributed by atoms with Crippen LogP contribution in [0, 0.1) is 0 Å². The standard InChI is InChI=1S/C14H18N/c1-5-9-13(12(3)6-2)14-10-7-8-11-15(14)4/h5-11H,2H2,1,3-4H3/q+1/b9-5-,13-12+. The molecule has 1 heterocycles. The summed E-state index contributed by atoms with van der Waals surface area (Å²) >= 11 is 0. The summed E-state index contributed by atoms with van der Waals surface area (Å²) < 4.78 is 2.11. The third-order valence-electron chi connectivity index (χ3n) is 2.40. The van der Waals surface area contributed by atoms with Crippen molar-refractivity contribution >= 4 is 5.57 Å². The lowest BCUT2D eigenvalue weighted by Gasteiger charge is -2.03. The lowest BCUT2D eigenvalue weighted by Crippen LogP contribution is -2.32. The number of pyridine rings is 1. The van der Waals surface area contributed by atoms with Crippen molar-refractivity contribution in [2.45, 2.75) is 13.8 Å². The van der Waals surface area contributed by atoms with E-state index >= 15 is 0 Å². The molecule has 0 unspecified atom stereocenters. The Morgan fingerprint density at radius 3 is 2.67 bits per heavy atom. The van der Waals surface area contributed by atoms with Crippen LogP contribution in [0.3, 0.4) is 0 Å². The highest BCUT2D eigenvalue weighted by molar-refractivity contribution is 5.74. The van der Waals surface area contributed by atoms with Crippen LogP contribution in [0.15, 0.2) is 54.8 Å². The molecule has 0 spiro atoms. The Labute approximate surface area is 92.1 Å². The Hall–Kier alpha value is -1.63. The van der Waals surface area contributed by atoms with Crippen molar-refractivity contribution in [3.8, 4) is 0 Å². The Morgan fingerprint density at radius 2 is 2.13 bits per heavy atom. The van der Waals surface area contributed by atoms with Crippen LogP contribution in [0.5, 0.6) is 0 Å². The van der Waals surface area contributed by atoms with Crippen LogP contribution in [-0.4, -0.2) is 0 Å². The maximum atomic E-state index is 3.82. The van der Waals surface area contributed by atoms with Crippen LogP contribution in [0.4, 0.5) is 0 Å². The second kappa shape index (κ2) is 5.30. The van der Waals surface area contributed by atoms with Gasteiger partial charge in [-0.3, -0.25) is 0 Å². The number of allylic oxidation sites excluding steroid dienone is 5. The molecule has 1 rings (SSSR count). The summed E-state index contributed by atoms with van der Waals surface area (Å²) in [5.41, 5.74) is 3.61. The third-order valence-corrected chi connectivity index (χ3v) is 2.40. The molecule has 78 valence electrons. The van der Waals surface area contributed by atoms with E-state index < -0.39 is 0 Å². The molecule has 0 atom stereocenters. The summed E-state index contributed by atoms with van der Waals surface area (Å²) in [6, 6.07) is 6.19. The monoisotopic (exact) mass is 200 g/mol. The van der Waals surface area contributed by atoms with Gasteiger partial charge in [0.25, 0.3) is 0 Å². The van der Waals surface area contributed by atoms with E-state index in [2.05, 4.69) is 55.6 Å². The molecule has 0 aliphatic heterocycles. The van der Waals surface area contributed by atoms with Gasteiger partial charge in [0.15, 0.2) is 6.20 Å². The van der Waals surface area contributed by atoms with E-state index in [0.717, 1.165) is 0 Å². The summed E-state index contributed by atoms with van der Waals surface area (Å²) in [5.74, 6) is 0. The maximum absolute atomic E-state index is 3.82. The summed E-state index contributed by atoms with van der Waals surface area (Å²) in [7, 11) is 2.05. The van der Waals surface area contributed by atoms with Gasteiger partial charge in [0.1, 0.15) is 7.05 Å². The number of rotatable bonds is 3. The van der Waals surface area contributed by atoms with Crippen LogP contribution in [0.25, 0.3) is 5.57 Å². The second-order valence-electron chi connectivity index (χ2n) is 3.50. The second-order valence-corrected chi connectivity index (χ2v) is 3.50. The molecule has 0 bridgehead atoms. The maximum Gasteiger partial charge on any atom is 0.212 e. The van der Waals surface area contributed by atoms with E-state index in [-0.39, 0.29) is 0 Å². The van der Waals surface area contributed by atoms with Crippen LogP contribution in [0.1, 0.15) is 19.5 Å². The molecule has 0 aliphatic rings. The van der Waals surface area contributed by atoms with Crippen LogP contribution < -0.4 is 4.57 Å². The summed E-state index contributed by atoms with van der Waals surface area (Å²) in [5, 5.41) is 0. The molecule has 1 aromatic rings. The highest BCUT2D eigenvalue weighted by Crippen LogP contribution is 2.17. The molecular formula is C14H18N+. The summed E-state index contributed by atoms with van der Waals surface area (Å²) in [6.45, 7) is 7.92. The number of aromatic nitrogens is 1. The topological polar surface area (TPSA) is 3.88 Å². The van der Waals surface area contributed by atoms with E-state index in [4.69, 9.17) is 0 Å². The normalized spacial score (nSPS) is 12.7. The predicted octanol–water partition coefficient (Wildman–Crippen LogP) is 3.05. The lowest BCUT2D eigenvalue weighted by molar-refractivity contribution is -0.673. The number of aryl methyl sites for hydroxylation is 1. The number of hydrogen-bond acceptors (Lipinski definition) is 0. The first-order valence-electron chi connectivity index (χ1n) is 5.11. The van der Waals surface area contributed by atoms with Crippen LogP contribution in [-0.2, 0) is 7.05 Å². The minimum Gasteiger partial charge on any atom is -0.201 e. The van der Waals surface area contributed by atoms with Crippen molar-refractivity contribution in [2.24, 2.45) is 7.05 Å². The van der Waals surface area contributed by atoms with Crippen molar-refractivity contribution in [1.82, 2.24) is 0 Å². The molecule has 0 saturated heterocycles. The largest absolute Gasteiger partial charge is 0.212 e. The zero-order valence-corrected chi connectivity index (χ0v) is 9.70. The van der Waals surface area contributed by atoms with Gasteiger partial charge in [0, 0.05) is 17.7 Å². The number of nitrogens with zero attached hydrogens (tertiary/aromatic N) is 1. The van der Waals surface area contributed by atoms with Gasteiger partial charge in [-0.05, 0) is 25.5 Å². The Kier molecular flexibility index (Phi) is 4.04. The summed E-state index contributed by atoms with van der Waals surface area (Å²) in [4.78, 5) is 0. The fourth-order valence-electron chi connectivity index (χ4n) is 1.50. The SMILES string of the molecule is C=C/C(C)=C(\C=C/C)c1cccc[n+]1C. The Balaban J connectivity index is 3.35. The molecule has 1 aromatic heterocycles. The fraction of sp³-hybridized carbons (Fsp3) is 0.214. The minimum atomic E-state index is 1.19. The zero-order chi connectivity index (χ0) is 11.3. The molecule has 0 amide bonds. The molecule has 1 nitrogen and oxygen atoms in total. The van der Waals surface area contributed by atoms with E-state index in [0.29, 0.717) is 0 Å². The van der Waals surface area contributed by atoms with Crippen LogP contribution in [0.2, 0.25) is 0 Å². The molecule has 0 N–H and O–H groups in total. The van der Waals surface area contributed by atoms with Crippen LogP contribution >= 0.6 is 0 Å². The van der Waals surface area contributed by atoms with Gasteiger partial charge < -0.3 is 0 Å². The smallest absolute Gasteiger partial charge is 0.201 e. The number of hydrogen-bond donors (Lipinski definition) is 0. The third kappa shape index (κ3) is 2.66. The average Bonchev–Trinajstić information content (AvgIpc) is 2.26. The molecule has 0 radical (unpaired) electrons. The van der Waals surface area contributed by atoms with Gasteiger partial charge in [-0.1, -0.05) is 24.8 Å². The predicted molar refractivity (Wildman–Crippen MR) is 65.2 cm³/mol. The van der Waals surface area contributed by atoms with Gasteiger partial charge in [0.2, 0.25) is 5.69 Å². The van der Waals surface area contributed by atoms with Gasteiger partial charge >= 0.3 is 0 Å². The van der Waals surface area contributed by atoms with Crippen molar-refractivity contribution in [1.29, 1.82) is 0 Å². The van der Waals surface area contributed by atoms with Crippen molar-refractivity contribution in [2.75, 3.05) is 0 Å². The van der Waals surface area contributed by atoms with Crippen molar-refractivity contribution in [3.63, 3.8) is 0 Å². The van der Waals surface area contributed by atoms with Crippen molar-refractivity contribution in [3.05, 3.63) is 60.5 Å². The van der Waals surface area contributed by atoms with Gasteiger partial charge in [-0.25, -0.2) is 4.57 Å². The minimum absolute atomic E-state index is 1.19. The van der Waals surface area contributed by atoms with E-state index in [9.17, 15) is 0 Å². The molecule has 15 heavy (non-hydrogen) atoms. The molecule has 0 aliphatic carbocycles. The molecular weight excluding hydrogens is 182 g/mol. The lowest BCUT2D eigenvalue weighted by atomic mass is 10.0. The van der Waals surface area contributed by atoms with Crippen molar-refractivity contribution < 1.29 is 4.57 Å². The molecule has 0 saturated carbocycles. The first-order valence-corrected chi connectivity index (χ1v) is 5.11. The molecule has 0 aromatic carbocycles. The highest BCUT2D eigenvalue weighted by Gasteiger charge is 2.10. The molecule has 0 fully saturated rings. The average molecular weight is 200 g/mol. The zero-order valence-electron chi connectivity index (χ0n) is 9.70. The highest BCUT2D eigenvalue weighted by atomic mass is 14.9. The Morgan fingerprint density at radius 1 is 1.40 bits per heavy atom. The Bertz CT molecular complexity index is 411. The first-order chi connectivity index (χ1) is 7.20. The fourth-order valence-corrected chi connectivity index (χ4v) is 1.50. The van der Waals surface area contributed by atoms with E-state index in [1.807, 2.05) is 19.1 Å². The quantitative estimate of drug-likeness (QED) is 0.521. The van der Waals surface area contributed by atoms with E-state index in [1.54, 1.807) is 0 Å². The van der Waals surface area contributed by atoms with Gasteiger partial charge in [-0.15, -0.1) is 0 Å². The van der Waals surface area contributed by atoms with E-state index in [1.165, 1.54) is 16.8 Å². The molecule has 1 heteroatoms. The summed E-state index contributed by atoms with van der Waals surface area (Å²) in [6.07, 6.45) is 8.11.